The van der Waals surface area contributed by atoms with Gasteiger partial charge in [0.05, 0.1) is 11.7 Å². The third-order valence-electron chi connectivity index (χ3n) is 3.83. The maximum absolute atomic E-state index is 6.06. The van der Waals surface area contributed by atoms with Gasteiger partial charge >= 0.3 is 0 Å². The number of rotatable bonds is 10. The average Bonchev–Trinajstić information content (AvgIpc) is 2.35. The van der Waals surface area contributed by atoms with E-state index in [0.29, 0.717) is 6.04 Å². The first-order chi connectivity index (χ1) is 9.18. The predicted molar refractivity (Wildman–Crippen MR) is 87.3 cm³/mol. The van der Waals surface area contributed by atoms with Gasteiger partial charge in [0.2, 0.25) is 0 Å². The number of methoxy groups -OCH3 is 1. The van der Waals surface area contributed by atoms with Crippen LogP contribution in [0.3, 0.4) is 0 Å². The topological polar surface area (TPSA) is 30.5 Å². The van der Waals surface area contributed by atoms with Crippen LogP contribution >= 0.6 is 0 Å². The molecule has 1 N–H and O–H groups in total. The van der Waals surface area contributed by atoms with E-state index in [9.17, 15) is 0 Å². The first-order valence-electron chi connectivity index (χ1n) is 8.08. The van der Waals surface area contributed by atoms with E-state index in [1.807, 2.05) is 0 Å². The van der Waals surface area contributed by atoms with Crippen LogP contribution in [-0.4, -0.2) is 38.0 Å². The average molecular weight is 287 g/mol. The van der Waals surface area contributed by atoms with Crippen molar-refractivity contribution < 1.29 is 9.47 Å². The highest BCUT2D eigenvalue weighted by Crippen LogP contribution is 2.28. The van der Waals surface area contributed by atoms with Crippen molar-refractivity contribution in [3.05, 3.63) is 0 Å². The number of hydrogen-bond acceptors (Lipinski definition) is 3. The van der Waals surface area contributed by atoms with Gasteiger partial charge in [-0.1, -0.05) is 27.7 Å². The van der Waals surface area contributed by atoms with Gasteiger partial charge in [0.25, 0.3) is 0 Å². The summed E-state index contributed by atoms with van der Waals surface area (Å²) in [7, 11) is 1.79. The van der Waals surface area contributed by atoms with Crippen LogP contribution in [0.1, 0.15) is 67.7 Å². The SMILES string of the molecule is CCCNC(CCC(C)(C)OC)C(OCC)C(C)(C)C. The van der Waals surface area contributed by atoms with E-state index in [1.165, 1.54) is 0 Å². The Kier molecular flexibility index (Phi) is 8.96. The molecule has 0 rings (SSSR count). The van der Waals surface area contributed by atoms with Crippen molar-refractivity contribution in [1.82, 2.24) is 5.32 Å². The van der Waals surface area contributed by atoms with Gasteiger partial charge in [-0.2, -0.15) is 0 Å². The number of nitrogens with one attached hydrogen (secondary N) is 1. The molecule has 2 unspecified atom stereocenters. The molecule has 0 aromatic heterocycles. The molecule has 3 nitrogen and oxygen atoms in total. The Bertz CT molecular complexity index is 246. The third-order valence-corrected chi connectivity index (χ3v) is 3.83. The summed E-state index contributed by atoms with van der Waals surface area (Å²) in [6, 6.07) is 0.379. The third kappa shape index (κ3) is 7.61. The zero-order chi connectivity index (χ0) is 15.8. The normalized spacial score (nSPS) is 16.2. The van der Waals surface area contributed by atoms with Crippen molar-refractivity contribution in [2.75, 3.05) is 20.3 Å². The highest BCUT2D eigenvalue weighted by Gasteiger charge is 2.33. The summed E-state index contributed by atoms with van der Waals surface area (Å²) in [5.41, 5.74) is 0.0689. The van der Waals surface area contributed by atoms with Gasteiger partial charge < -0.3 is 14.8 Å². The van der Waals surface area contributed by atoms with Crippen LogP contribution in [0.4, 0.5) is 0 Å². The Morgan fingerprint density at radius 3 is 2.05 bits per heavy atom. The first kappa shape index (κ1) is 19.9. The zero-order valence-electron chi connectivity index (χ0n) is 15.0. The molecule has 0 heterocycles. The minimum Gasteiger partial charge on any atom is -0.379 e. The summed E-state index contributed by atoms with van der Waals surface area (Å²) in [5, 5.41) is 3.68. The molecule has 2 atom stereocenters. The van der Waals surface area contributed by atoms with Gasteiger partial charge in [0.1, 0.15) is 0 Å². The Balaban J connectivity index is 4.81. The van der Waals surface area contributed by atoms with Gasteiger partial charge in [0.15, 0.2) is 0 Å². The number of ether oxygens (including phenoxy) is 2. The smallest absolute Gasteiger partial charge is 0.0775 e. The molecule has 0 saturated heterocycles. The fourth-order valence-corrected chi connectivity index (χ4v) is 2.44. The Hall–Kier alpha value is -0.120. The van der Waals surface area contributed by atoms with Crippen molar-refractivity contribution in [1.29, 1.82) is 0 Å². The number of hydrogen-bond donors (Lipinski definition) is 1. The molecule has 0 fully saturated rings. The van der Waals surface area contributed by atoms with Crippen LogP contribution in [0.15, 0.2) is 0 Å². The van der Waals surface area contributed by atoms with Gasteiger partial charge in [-0.05, 0) is 52.0 Å². The predicted octanol–water partition coefficient (Wildman–Crippen LogP) is 4.01. The summed E-state index contributed by atoms with van der Waals surface area (Å²) < 4.78 is 11.6. The summed E-state index contributed by atoms with van der Waals surface area (Å²) in [6.45, 7) is 17.2. The fourth-order valence-electron chi connectivity index (χ4n) is 2.44. The molecule has 0 amide bonds. The maximum atomic E-state index is 6.06. The molecule has 0 saturated carbocycles. The zero-order valence-corrected chi connectivity index (χ0v) is 15.0. The second kappa shape index (κ2) is 9.01. The Labute approximate surface area is 126 Å². The largest absolute Gasteiger partial charge is 0.379 e. The lowest BCUT2D eigenvalue weighted by molar-refractivity contribution is -0.0463. The molecule has 0 spiro atoms. The van der Waals surface area contributed by atoms with Crippen LogP contribution in [0.5, 0.6) is 0 Å². The molecule has 0 bridgehead atoms. The minimum atomic E-state index is -0.0687. The van der Waals surface area contributed by atoms with Crippen LogP contribution in [-0.2, 0) is 9.47 Å². The van der Waals surface area contributed by atoms with Gasteiger partial charge in [-0.25, -0.2) is 0 Å². The molecular weight excluding hydrogens is 250 g/mol. The molecule has 0 aliphatic heterocycles. The van der Waals surface area contributed by atoms with Gasteiger partial charge in [-0.15, -0.1) is 0 Å². The Morgan fingerprint density at radius 2 is 1.65 bits per heavy atom. The van der Waals surface area contributed by atoms with Crippen molar-refractivity contribution in [3.63, 3.8) is 0 Å². The van der Waals surface area contributed by atoms with E-state index in [-0.39, 0.29) is 17.1 Å². The molecule has 0 aliphatic carbocycles. The second-order valence-corrected chi connectivity index (χ2v) is 7.31. The standard InChI is InChI=1S/C17H37NO2/c1-9-13-18-14(11-12-17(6,7)19-8)15(20-10-2)16(3,4)5/h14-15,18H,9-13H2,1-8H3. The molecule has 3 heteroatoms. The molecule has 20 heavy (non-hydrogen) atoms. The monoisotopic (exact) mass is 287 g/mol. The quantitative estimate of drug-likeness (QED) is 0.658. The van der Waals surface area contributed by atoms with Gasteiger partial charge in [0, 0.05) is 19.8 Å². The van der Waals surface area contributed by atoms with Crippen molar-refractivity contribution in [2.45, 2.75) is 85.5 Å². The van der Waals surface area contributed by atoms with E-state index in [2.05, 4.69) is 53.8 Å². The molecule has 122 valence electrons. The molecule has 0 aromatic carbocycles. The van der Waals surface area contributed by atoms with Crippen LogP contribution < -0.4 is 5.32 Å². The lowest BCUT2D eigenvalue weighted by atomic mass is 9.81. The first-order valence-corrected chi connectivity index (χ1v) is 8.08. The van der Waals surface area contributed by atoms with E-state index >= 15 is 0 Å². The van der Waals surface area contributed by atoms with Gasteiger partial charge in [-0.3, -0.25) is 0 Å². The van der Waals surface area contributed by atoms with E-state index in [4.69, 9.17) is 9.47 Å². The lowest BCUT2D eigenvalue weighted by Crippen LogP contribution is -2.49. The van der Waals surface area contributed by atoms with E-state index < -0.39 is 0 Å². The lowest BCUT2D eigenvalue weighted by Gasteiger charge is -2.38. The summed E-state index contributed by atoms with van der Waals surface area (Å²) in [4.78, 5) is 0. The van der Waals surface area contributed by atoms with Crippen LogP contribution in [0.25, 0.3) is 0 Å². The van der Waals surface area contributed by atoms with Crippen molar-refractivity contribution in [3.8, 4) is 0 Å². The molecular formula is C17H37NO2. The minimum absolute atomic E-state index is 0.0687. The van der Waals surface area contributed by atoms with Crippen molar-refractivity contribution in [2.24, 2.45) is 5.41 Å². The highest BCUT2D eigenvalue weighted by atomic mass is 16.5. The molecule has 0 aliphatic rings. The van der Waals surface area contributed by atoms with Crippen LogP contribution in [0, 0.1) is 5.41 Å². The summed E-state index contributed by atoms with van der Waals surface area (Å²) in [6.07, 6.45) is 3.48. The van der Waals surface area contributed by atoms with Crippen molar-refractivity contribution >= 4 is 0 Å². The summed E-state index contributed by atoms with van der Waals surface area (Å²) >= 11 is 0. The Morgan fingerprint density at radius 1 is 1.05 bits per heavy atom. The summed E-state index contributed by atoms with van der Waals surface area (Å²) in [5.74, 6) is 0. The maximum Gasteiger partial charge on any atom is 0.0775 e. The van der Waals surface area contributed by atoms with E-state index in [1.54, 1.807) is 7.11 Å². The van der Waals surface area contributed by atoms with E-state index in [0.717, 1.165) is 32.4 Å². The second-order valence-electron chi connectivity index (χ2n) is 7.31. The fraction of sp³-hybridized carbons (Fsp3) is 1.00. The molecule has 0 radical (unpaired) electrons. The highest BCUT2D eigenvalue weighted by molar-refractivity contribution is 4.88. The molecule has 0 aromatic rings. The van der Waals surface area contributed by atoms with Crippen LogP contribution in [0.2, 0.25) is 0 Å².